The molecule has 0 bridgehead atoms. The number of aryl methyl sites for hydroxylation is 1. The summed E-state index contributed by atoms with van der Waals surface area (Å²) >= 11 is 3.01. The minimum Gasteiger partial charge on any atom is -0.346 e. The number of hydrogen-bond donors (Lipinski definition) is 1. The predicted octanol–water partition coefficient (Wildman–Crippen LogP) is 5.78. The molecule has 2 aromatic carbocycles. The van der Waals surface area contributed by atoms with Gasteiger partial charge in [0.25, 0.3) is 5.91 Å². The first-order chi connectivity index (χ1) is 16.0. The van der Waals surface area contributed by atoms with E-state index in [9.17, 15) is 14.0 Å². The highest BCUT2D eigenvalue weighted by atomic mass is 32.1. The molecule has 0 radical (unpaired) electrons. The van der Waals surface area contributed by atoms with Gasteiger partial charge in [-0.3, -0.25) is 9.69 Å². The zero-order chi connectivity index (χ0) is 22.9. The van der Waals surface area contributed by atoms with Crippen LogP contribution in [-0.2, 0) is 13.1 Å². The van der Waals surface area contributed by atoms with Gasteiger partial charge < -0.3 is 10.2 Å². The zero-order valence-corrected chi connectivity index (χ0v) is 19.6. The maximum absolute atomic E-state index is 13.1. The van der Waals surface area contributed by atoms with Crippen LogP contribution in [0.4, 0.5) is 14.2 Å². The molecule has 0 spiro atoms. The Bertz CT molecular complexity index is 1300. The van der Waals surface area contributed by atoms with E-state index in [2.05, 4.69) is 23.5 Å². The molecule has 0 saturated carbocycles. The number of benzene rings is 2. The Labute approximate surface area is 199 Å². The highest BCUT2D eigenvalue weighted by Crippen LogP contribution is 2.33. The lowest BCUT2D eigenvalue weighted by Crippen LogP contribution is -2.31. The third-order valence-electron chi connectivity index (χ3n) is 5.66. The van der Waals surface area contributed by atoms with Crippen molar-refractivity contribution >= 4 is 49.7 Å². The van der Waals surface area contributed by atoms with Crippen molar-refractivity contribution < 1.29 is 14.0 Å². The third kappa shape index (κ3) is 4.49. The van der Waals surface area contributed by atoms with E-state index in [1.807, 2.05) is 25.1 Å². The quantitative estimate of drug-likeness (QED) is 0.381. The summed E-state index contributed by atoms with van der Waals surface area (Å²) < 4.78 is 14.3. The van der Waals surface area contributed by atoms with Gasteiger partial charge in [-0.1, -0.05) is 30.3 Å². The van der Waals surface area contributed by atoms with Crippen LogP contribution >= 0.6 is 22.7 Å². The molecule has 168 valence electrons. The van der Waals surface area contributed by atoms with E-state index in [1.165, 1.54) is 33.6 Å². The lowest BCUT2D eigenvalue weighted by atomic mass is 10.2. The fourth-order valence-electron chi connectivity index (χ4n) is 3.94. The number of nitrogens with zero attached hydrogens (tertiary/aromatic N) is 2. The summed E-state index contributed by atoms with van der Waals surface area (Å²) in [7, 11) is 0. The topological polar surface area (TPSA) is 52.7 Å². The summed E-state index contributed by atoms with van der Waals surface area (Å²) in [5, 5.41) is 4.96. The third-order valence-corrected chi connectivity index (χ3v) is 8.03. The monoisotopic (exact) mass is 479 g/mol. The molecule has 5 nitrogen and oxygen atoms in total. The molecule has 1 fully saturated rings. The van der Waals surface area contributed by atoms with Gasteiger partial charge in [-0.05, 0) is 53.8 Å². The minimum atomic E-state index is -0.291. The first kappa shape index (κ1) is 21.6. The van der Waals surface area contributed by atoms with Crippen LogP contribution in [0.25, 0.3) is 10.1 Å². The number of fused-ring (bicyclic) bond motifs is 1. The second-order valence-corrected chi connectivity index (χ2v) is 10.2. The van der Waals surface area contributed by atoms with Crippen molar-refractivity contribution in [1.29, 1.82) is 0 Å². The summed E-state index contributed by atoms with van der Waals surface area (Å²) in [6.07, 6.45) is 0. The predicted molar refractivity (Wildman–Crippen MR) is 132 cm³/mol. The molecular formula is C25H22FN3O2S2. The van der Waals surface area contributed by atoms with E-state index in [0.717, 1.165) is 21.0 Å². The van der Waals surface area contributed by atoms with Crippen LogP contribution in [0, 0.1) is 12.7 Å². The van der Waals surface area contributed by atoms with Gasteiger partial charge in [-0.15, -0.1) is 22.7 Å². The number of nitrogens with one attached hydrogen (secondary N) is 1. The van der Waals surface area contributed by atoms with E-state index in [1.54, 1.807) is 33.3 Å². The van der Waals surface area contributed by atoms with Crippen LogP contribution in [0.3, 0.4) is 0 Å². The molecule has 5 rings (SSSR count). The van der Waals surface area contributed by atoms with Gasteiger partial charge in [0, 0.05) is 29.2 Å². The van der Waals surface area contributed by atoms with Crippen LogP contribution in [0.5, 0.6) is 0 Å². The molecular weight excluding hydrogens is 457 g/mol. The summed E-state index contributed by atoms with van der Waals surface area (Å²) in [6, 6.07) is 18.3. The van der Waals surface area contributed by atoms with Crippen LogP contribution in [0.15, 0.2) is 60.7 Å². The first-order valence-electron chi connectivity index (χ1n) is 10.6. The number of amides is 3. The lowest BCUT2D eigenvalue weighted by Gasteiger charge is -2.17. The Kier molecular flexibility index (Phi) is 5.86. The fourth-order valence-corrected chi connectivity index (χ4v) is 6.05. The van der Waals surface area contributed by atoms with Crippen LogP contribution < -0.4 is 10.2 Å². The summed E-state index contributed by atoms with van der Waals surface area (Å²) in [5.74, 6) is -0.420. The van der Waals surface area contributed by atoms with E-state index in [4.69, 9.17) is 0 Å². The molecule has 33 heavy (non-hydrogen) atoms. The van der Waals surface area contributed by atoms with Crippen molar-refractivity contribution in [2.24, 2.45) is 0 Å². The Morgan fingerprint density at radius 2 is 1.85 bits per heavy atom. The normalized spacial score (nSPS) is 13.8. The largest absolute Gasteiger partial charge is 0.346 e. The average molecular weight is 480 g/mol. The fraction of sp³-hybridized carbons (Fsp3) is 0.200. The van der Waals surface area contributed by atoms with Crippen molar-refractivity contribution in [2.45, 2.75) is 20.0 Å². The van der Waals surface area contributed by atoms with Crippen molar-refractivity contribution in [2.75, 3.05) is 18.0 Å². The Morgan fingerprint density at radius 3 is 2.64 bits per heavy atom. The van der Waals surface area contributed by atoms with Crippen molar-refractivity contribution in [1.82, 2.24) is 10.2 Å². The van der Waals surface area contributed by atoms with Crippen LogP contribution in [-0.4, -0.2) is 29.9 Å². The van der Waals surface area contributed by atoms with Gasteiger partial charge in [-0.25, -0.2) is 9.18 Å². The summed E-state index contributed by atoms with van der Waals surface area (Å²) in [4.78, 5) is 31.0. The van der Waals surface area contributed by atoms with Crippen LogP contribution in [0.2, 0.25) is 0 Å². The summed E-state index contributed by atoms with van der Waals surface area (Å²) in [5.41, 5.74) is 1.74. The van der Waals surface area contributed by atoms with E-state index in [-0.39, 0.29) is 17.8 Å². The smallest absolute Gasteiger partial charge is 0.325 e. The number of urea groups is 1. The van der Waals surface area contributed by atoms with Crippen molar-refractivity contribution in [3.8, 4) is 0 Å². The van der Waals surface area contributed by atoms with Crippen molar-refractivity contribution in [3.63, 3.8) is 0 Å². The second-order valence-electron chi connectivity index (χ2n) is 8.01. The first-order valence-corrected chi connectivity index (χ1v) is 12.3. The van der Waals surface area contributed by atoms with Gasteiger partial charge in [-0.2, -0.15) is 0 Å². The Balaban J connectivity index is 1.24. The number of hydrogen-bond acceptors (Lipinski definition) is 4. The van der Waals surface area contributed by atoms with Gasteiger partial charge in [0.1, 0.15) is 10.8 Å². The average Bonchev–Trinajstić information content (AvgIpc) is 3.50. The summed E-state index contributed by atoms with van der Waals surface area (Å²) in [6.45, 7) is 3.94. The maximum atomic E-state index is 13.1. The van der Waals surface area contributed by atoms with Crippen LogP contribution in [0.1, 0.15) is 25.7 Å². The molecule has 0 unspecified atom stereocenters. The minimum absolute atomic E-state index is 0.0993. The standard InChI is InChI=1S/C25H22FN3O2S2/c1-16-12-22(29-11-10-28(25(29)31)15-17-6-8-19(26)9-7-17)33-23(16)24(30)27-14-20-13-18-4-2-3-5-21(18)32-20/h2-9,12-13H,10-11,14-15H2,1H3,(H,27,30). The number of thiophene rings is 2. The molecule has 4 aromatic rings. The Hall–Kier alpha value is -3.23. The number of carbonyl (C=O) groups is 2. The molecule has 1 N–H and O–H groups in total. The van der Waals surface area contributed by atoms with Crippen molar-refractivity contribution in [3.05, 3.63) is 87.4 Å². The Morgan fingerprint density at radius 1 is 1.06 bits per heavy atom. The van der Waals surface area contributed by atoms with Gasteiger partial charge in [0.2, 0.25) is 0 Å². The molecule has 3 amide bonds. The molecule has 0 atom stereocenters. The molecule has 3 heterocycles. The number of halogens is 1. The zero-order valence-electron chi connectivity index (χ0n) is 18.0. The highest BCUT2D eigenvalue weighted by molar-refractivity contribution is 7.19. The van der Waals surface area contributed by atoms with Gasteiger partial charge >= 0.3 is 6.03 Å². The maximum Gasteiger partial charge on any atom is 0.325 e. The second kappa shape index (κ2) is 8.96. The number of carbonyl (C=O) groups excluding carboxylic acids is 2. The molecule has 1 aliphatic heterocycles. The molecule has 1 aliphatic rings. The molecule has 0 aliphatic carbocycles. The molecule has 8 heteroatoms. The van der Waals surface area contributed by atoms with E-state index in [0.29, 0.717) is 31.1 Å². The number of rotatable bonds is 6. The molecule has 2 aromatic heterocycles. The van der Waals surface area contributed by atoms with E-state index >= 15 is 0 Å². The highest BCUT2D eigenvalue weighted by Gasteiger charge is 2.31. The van der Waals surface area contributed by atoms with Gasteiger partial charge in [0.15, 0.2) is 0 Å². The lowest BCUT2D eigenvalue weighted by molar-refractivity contribution is 0.0955. The number of anilines is 1. The van der Waals surface area contributed by atoms with E-state index < -0.39 is 0 Å². The molecule has 1 saturated heterocycles. The SMILES string of the molecule is Cc1cc(N2CCN(Cc3ccc(F)cc3)C2=O)sc1C(=O)NCc1cc2ccccc2s1. The van der Waals surface area contributed by atoms with Gasteiger partial charge in [0.05, 0.1) is 11.4 Å².